The Morgan fingerprint density at radius 3 is 2.57 bits per heavy atom. The second-order valence-electron chi connectivity index (χ2n) is 7.99. The highest BCUT2D eigenvalue weighted by atomic mass is 31.2. The fraction of sp³-hybridized carbons (Fsp3) is 0.292. The molecular formula is C24H27N4O8P. The van der Waals surface area contributed by atoms with Crippen LogP contribution in [-0.4, -0.2) is 48.2 Å². The Morgan fingerprint density at radius 2 is 1.89 bits per heavy atom. The second kappa shape index (κ2) is 12.1. The highest BCUT2D eigenvalue weighted by molar-refractivity contribution is 7.52. The van der Waals surface area contributed by atoms with Crippen LogP contribution in [0, 0.1) is 0 Å². The van der Waals surface area contributed by atoms with Crippen LogP contribution < -0.4 is 21.0 Å². The molecule has 1 saturated heterocycles. The molecule has 3 aromatic rings. The van der Waals surface area contributed by atoms with E-state index in [-0.39, 0.29) is 31.2 Å². The van der Waals surface area contributed by atoms with Gasteiger partial charge in [-0.25, -0.2) is 9.36 Å². The summed E-state index contributed by atoms with van der Waals surface area (Å²) in [7, 11) is -2.93. The minimum Gasteiger partial charge on any atom is -0.468 e. The Kier molecular flexibility index (Phi) is 8.70. The SMILES string of the molecule is COC(=O)[C@H](Cc1ccccc1)NP(=O)(OC[C@H]1OC[C@@H](n2ccc(N)nc2=O)O1)Oc1ccccc1. The van der Waals surface area contributed by atoms with Crippen LogP contribution in [0.2, 0.25) is 0 Å². The van der Waals surface area contributed by atoms with Crippen molar-refractivity contribution in [1.82, 2.24) is 14.6 Å². The average Bonchev–Trinajstić information content (AvgIpc) is 3.37. The quantitative estimate of drug-likeness (QED) is 0.277. The van der Waals surface area contributed by atoms with E-state index in [0.717, 1.165) is 5.56 Å². The zero-order valence-corrected chi connectivity index (χ0v) is 20.9. The van der Waals surface area contributed by atoms with E-state index < -0.39 is 38.0 Å². The van der Waals surface area contributed by atoms with E-state index in [1.807, 2.05) is 30.3 Å². The molecule has 0 bridgehead atoms. The molecule has 0 aliphatic carbocycles. The zero-order chi connectivity index (χ0) is 26.3. The lowest BCUT2D eigenvalue weighted by Crippen LogP contribution is -2.39. The number of benzene rings is 2. The minimum absolute atomic E-state index is 0.0234. The van der Waals surface area contributed by atoms with E-state index >= 15 is 0 Å². The molecule has 1 unspecified atom stereocenters. The van der Waals surface area contributed by atoms with Gasteiger partial charge in [-0.3, -0.25) is 13.9 Å². The summed E-state index contributed by atoms with van der Waals surface area (Å²) in [5, 5.41) is 2.71. The maximum atomic E-state index is 13.8. The number of hydrogen-bond acceptors (Lipinski definition) is 10. The van der Waals surface area contributed by atoms with Gasteiger partial charge in [0.05, 0.1) is 13.7 Å². The molecule has 4 atom stereocenters. The lowest BCUT2D eigenvalue weighted by atomic mass is 10.1. The number of nitrogens with two attached hydrogens (primary N) is 1. The topological polar surface area (TPSA) is 153 Å². The zero-order valence-electron chi connectivity index (χ0n) is 20.0. The maximum Gasteiger partial charge on any atom is 0.459 e. The first-order valence-electron chi connectivity index (χ1n) is 11.4. The Bertz CT molecular complexity index is 1290. The number of hydrogen-bond donors (Lipinski definition) is 2. The third-order valence-electron chi connectivity index (χ3n) is 5.33. The molecule has 2 heterocycles. The minimum atomic E-state index is -4.17. The molecule has 4 rings (SSSR count). The van der Waals surface area contributed by atoms with Gasteiger partial charge in [-0.2, -0.15) is 10.1 Å². The fourth-order valence-electron chi connectivity index (χ4n) is 3.56. The van der Waals surface area contributed by atoms with Crippen LogP contribution in [0.1, 0.15) is 11.8 Å². The van der Waals surface area contributed by atoms with Gasteiger partial charge in [0, 0.05) is 6.20 Å². The number of para-hydroxylation sites is 1. The number of ether oxygens (including phenoxy) is 3. The maximum absolute atomic E-state index is 13.8. The van der Waals surface area contributed by atoms with Gasteiger partial charge in [-0.15, -0.1) is 0 Å². The third-order valence-corrected chi connectivity index (χ3v) is 6.90. The van der Waals surface area contributed by atoms with Crippen molar-refractivity contribution < 1.29 is 32.6 Å². The molecular weight excluding hydrogens is 503 g/mol. The molecule has 12 nitrogen and oxygen atoms in total. The van der Waals surface area contributed by atoms with Gasteiger partial charge >= 0.3 is 19.4 Å². The summed E-state index contributed by atoms with van der Waals surface area (Å²) in [6.45, 7) is -0.306. The lowest BCUT2D eigenvalue weighted by molar-refractivity contribution is -0.142. The van der Waals surface area contributed by atoms with E-state index in [1.165, 1.54) is 23.9 Å². The summed E-state index contributed by atoms with van der Waals surface area (Å²) in [6, 6.07) is 17.9. The first-order chi connectivity index (χ1) is 17.8. The van der Waals surface area contributed by atoms with Gasteiger partial charge in [0.1, 0.15) is 24.2 Å². The number of nitrogens with one attached hydrogen (secondary N) is 1. The van der Waals surface area contributed by atoms with Crippen molar-refractivity contribution in [3.63, 3.8) is 0 Å². The molecule has 0 radical (unpaired) electrons. The largest absolute Gasteiger partial charge is 0.468 e. The van der Waals surface area contributed by atoms with Gasteiger partial charge in [0.25, 0.3) is 0 Å². The molecule has 196 valence electrons. The van der Waals surface area contributed by atoms with Crippen LogP contribution in [0.3, 0.4) is 0 Å². The van der Waals surface area contributed by atoms with Crippen LogP contribution in [0.15, 0.2) is 77.7 Å². The van der Waals surface area contributed by atoms with E-state index in [9.17, 15) is 14.2 Å². The van der Waals surface area contributed by atoms with Crippen molar-refractivity contribution in [2.45, 2.75) is 25.0 Å². The number of carbonyl (C=O) groups is 1. The Balaban J connectivity index is 1.48. The molecule has 1 aromatic heterocycles. The van der Waals surface area contributed by atoms with Crippen LogP contribution >= 0.6 is 7.75 Å². The molecule has 37 heavy (non-hydrogen) atoms. The fourth-order valence-corrected chi connectivity index (χ4v) is 5.03. The first-order valence-corrected chi connectivity index (χ1v) is 12.9. The van der Waals surface area contributed by atoms with Crippen molar-refractivity contribution in [1.29, 1.82) is 0 Å². The van der Waals surface area contributed by atoms with Gasteiger partial charge in [-0.05, 0) is 30.2 Å². The average molecular weight is 530 g/mol. The van der Waals surface area contributed by atoms with Gasteiger partial charge < -0.3 is 24.5 Å². The summed E-state index contributed by atoms with van der Waals surface area (Å²) in [6.07, 6.45) is -0.144. The molecule has 1 fully saturated rings. The summed E-state index contributed by atoms with van der Waals surface area (Å²) < 4.78 is 42.6. The smallest absolute Gasteiger partial charge is 0.459 e. The number of rotatable bonds is 11. The van der Waals surface area contributed by atoms with Crippen molar-refractivity contribution in [2.75, 3.05) is 26.1 Å². The second-order valence-corrected chi connectivity index (χ2v) is 9.68. The number of anilines is 1. The van der Waals surface area contributed by atoms with E-state index in [2.05, 4.69) is 10.1 Å². The summed E-state index contributed by atoms with van der Waals surface area (Å²) in [5.41, 5.74) is 5.74. The van der Waals surface area contributed by atoms with Gasteiger partial charge in [0.15, 0.2) is 12.5 Å². The summed E-state index contributed by atoms with van der Waals surface area (Å²) in [4.78, 5) is 28.3. The number of aromatic nitrogens is 2. The predicted molar refractivity (Wildman–Crippen MR) is 132 cm³/mol. The third kappa shape index (κ3) is 7.25. The molecule has 3 N–H and O–H groups in total. The van der Waals surface area contributed by atoms with Crippen LogP contribution in [0.25, 0.3) is 0 Å². The Hall–Kier alpha value is -3.54. The molecule has 0 saturated carbocycles. The standard InChI is InChI=1S/C24H27N4O8P/c1-32-23(29)19(14-17-8-4-2-5-9-17)27-37(31,36-18-10-6-3-7-11-18)34-16-22-33-15-21(35-22)28-13-12-20(25)26-24(28)30/h2-13,19,21-22H,14-16H2,1H3,(H,27,31)(H2,25,26,30)/t19-,21-,22-,37?/m0/s1. The molecule has 13 heteroatoms. The lowest BCUT2D eigenvalue weighted by Gasteiger charge is -2.25. The van der Waals surface area contributed by atoms with Crippen LogP contribution in [0.5, 0.6) is 5.75 Å². The summed E-state index contributed by atoms with van der Waals surface area (Å²) in [5.74, 6) is -0.305. The molecule has 0 spiro atoms. The van der Waals surface area contributed by atoms with E-state index in [4.69, 9.17) is 29.0 Å². The highest BCUT2D eigenvalue weighted by Crippen LogP contribution is 2.45. The van der Waals surface area contributed by atoms with E-state index in [1.54, 1.807) is 30.3 Å². The van der Waals surface area contributed by atoms with Gasteiger partial charge in [0.2, 0.25) is 0 Å². The molecule has 2 aromatic carbocycles. The number of nitrogen functional groups attached to an aromatic ring is 1. The normalized spacial score (nSPS) is 19.6. The van der Waals surface area contributed by atoms with Crippen LogP contribution in [-0.2, 0) is 34.5 Å². The molecule has 1 aliphatic rings. The number of carbonyl (C=O) groups excluding carboxylic acids is 1. The number of methoxy groups -OCH3 is 1. The molecule has 1 aliphatic heterocycles. The van der Waals surface area contributed by atoms with Crippen LogP contribution in [0.4, 0.5) is 5.82 Å². The van der Waals surface area contributed by atoms with Crippen molar-refractivity contribution in [3.05, 3.63) is 89.0 Å². The monoisotopic (exact) mass is 530 g/mol. The van der Waals surface area contributed by atoms with Crippen molar-refractivity contribution >= 4 is 19.5 Å². The number of nitrogens with zero attached hydrogens (tertiary/aromatic N) is 2. The highest BCUT2D eigenvalue weighted by Gasteiger charge is 2.37. The van der Waals surface area contributed by atoms with Crippen molar-refractivity contribution in [3.8, 4) is 5.75 Å². The van der Waals surface area contributed by atoms with Gasteiger partial charge in [-0.1, -0.05) is 48.5 Å². The first kappa shape index (κ1) is 26.5. The van der Waals surface area contributed by atoms with E-state index in [0.29, 0.717) is 0 Å². The summed E-state index contributed by atoms with van der Waals surface area (Å²) >= 11 is 0. The number of esters is 1. The molecule has 0 amide bonds. The Morgan fingerprint density at radius 1 is 1.19 bits per heavy atom. The Labute approximate surface area is 212 Å². The van der Waals surface area contributed by atoms with Crippen molar-refractivity contribution in [2.24, 2.45) is 0 Å². The predicted octanol–water partition coefficient (Wildman–Crippen LogP) is 2.27.